The van der Waals surface area contributed by atoms with Gasteiger partial charge in [-0.05, 0) is 25.0 Å². The van der Waals surface area contributed by atoms with Gasteiger partial charge in [-0.3, -0.25) is 0 Å². The lowest BCUT2D eigenvalue weighted by molar-refractivity contribution is 0.0223. The van der Waals surface area contributed by atoms with E-state index in [2.05, 4.69) is 4.72 Å². The van der Waals surface area contributed by atoms with Gasteiger partial charge in [0.15, 0.2) is 5.82 Å². The highest BCUT2D eigenvalue weighted by atomic mass is 35.5. The molecule has 2 N–H and O–H groups in total. The lowest BCUT2D eigenvalue weighted by Crippen LogP contribution is -2.54. The molecule has 9 heteroatoms. The van der Waals surface area contributed by atoms with Crippen LogP contribution in [0.4, 0.5) is 4.39 Å². The number of aliphatic hydroxyl groups is 1. The zero-order valence-electron chi connectivity index (χ0n) is 10.9. The monoisotopic (exact) mass is 357 g/mol. The van der Waals surface area contributed by atoms with Crippen LogP contribution in [-0.4, -0.2) is 38.9 Å². The summed E-state index contributed by atoms with van der Waals surface area (Å²) in [6.07, 6.45) is 0.632. The van der Waals surface area contributed by atoms with Gasteiger partial charge < -0.3 is 9.84 Å². The molecule has 0 saturated carbocycles. The molecule has 21 heavy (non-hydrogen) atoms. The van der Waals surface area contributed by atoms with E-state index in [1.165, 1.54) is 0 Å². The van der Waals surface area contributed by atoms with Gasteiger partial charge in [0, 0.05) is 13.2 Å². The maximum Gasteiger partial charge on any atom is 0.242 e. The van der Waals surface area contributed by atoms with Crippen molar-refractivity contribution < 1.29 is 22.7 Å². The summed E-state index contributed by atoms with van der Waals surface area (Å²) in [7, 11) is -4.10. The van der Waals surface area contributed by atoms with Gasteiger partial charge in [0.2, 0.25) is 10.0 Å². The van der Waals surface area contributed by atoms with E-state index in [1.54, 1.807) is 0 Å². The number of aliphatic hydroxyl groups excluding tert-OH is 1. The Kier molecular flexibility index (Phi) is 5.12. The highest BCUT2D eigenvalue weighted by Gasteiger charge is 2.37. The first-order valence-electron chi connectivity index (χ1n) is 6.17. The molecule has 0 aliphatic carbocycles. The summed E-state index contributed by atoms with van der Waals surface area (Å²) < 4.78 is 46.0. The van der Waals surface area contributed by atoms with E-state index in [0.29, 0.717) is 26.1 Å². The number of halogens is 3. The summed E-state index contributed by atoms with van der Waals surface area (Å²) in [5, 5.41) is 8.67. The molecule has 0 unspecified atom stereocenters. The molecule has 0 radical (unpaired) electrons. The van der Waals surface area contributed by atoms with Crippen molar-refractivity contribution in [2.45, 2.75) is 23.3 Å². The fraction of sp³-hybridized carbons (Fsp3) is 0.500. The summed E-state index contributed by atoms with van der Waals surface area (Å²) in [4.78, 5) is -0.412. The molecule has 0 spiro atoms. The zero-order valence-corrected chi connectivity index (χ0v) is 13.2. The van der Waals surface area contributed by atoms with E-state index in [1.807, 2.05) is 0 Å². The van der Waals surface area contributed by atoms with Gasteiger partial charge in [0.05, 0.1) is 22.2 Å². The Morgan fingerprint density at radius 1 is 1.33 bits per heavy atom. The van der Waals surface area contributed by atoms with Crippen LogP contribution in [0, 0.1) is 5.82 Å². The Morgan fingerprint density at radius 3 is 2.52 bits per heavy atom. The van der Waals surface area contributed by atoms with Gasteiger partial charge in [-0.15, -0.1) is 0 Å². The van der Waals surface area contributed by atoms with Crippen molar-refractivity contribution in [3.8, 4) is 0 Å². The standard InChI is InChI=1S/C12H14Cl2FNO4S/c13-8-1-2-9(10(14)11(8)15)21(18,19)16-12(7-17)3-5-20-6-4-12/h1-2,16-17H,3-7H2. The summed E-state index contributed by atoms with van der Waals surface area (Å²) in [5.41, 5.74) is -1.03. The molecule has 1 aromatic carbocycles. The first kappa shape index (κ1) is 16.9. The van der Waals surface area contributed by atoms with Crippen LogP contribution < -0.4 is 4.72 Å². The van der Waals surface area contributed by atoms with Gasteiger partial charge >= 0.3 is 0 Å². The minimum absolute atomic E-state index is 0.262. The fourth-order valence-electron chi connectivity index (χ4n) is 2.11. The lowest BCUT2D eigenvalue weighted by Gasteiger charge is -2.35. The summed E-state index contributed by atoms with van der Waals surface area (Å²) >= 11 is 11.3. The molecule has 0 bridgehead atoms. The molecule has 0 atom stereocenters. The number of benzene rings is 1. The van der Waals surface area contributed by atoms with Gasteiger partial charge in [-0.2, -0.15) is 0 Å². The van der Waals surface area contributed by atoms with Gasteiger partial charge in [0.25, 0.3) is 0 Å². The van der Waals surface area contributed by atoms with E-state index in [0.717, 1.165) is 12.1 Å². The first-order chi connectivity index (χ1) is 9.81. The van der Waals surface area contributed by atoms with Gasteiger partial charge in [0.1, 0.15) is 4.90 Å². The fourth-order valence-corrected chi connectivity index (χ4v) is 4.31. The number of nitrogens with one attached hydrogen (secondary N) is 1. The molecule has 118 valence electrons. The average Bonchev–Trinajstić information content (AvgIpc) is 2.45. The molecule has 1 saturated heterocycles. The molecule has 1 aromatic rings. The van der Waals surface area contributed by atoms with Gasteiger partial charge in [-0.25, -0.2) is 17.5 Å². The lowest BCUT2D eigenvalue weighted by atomic mass is 9.93. The molecule has 2 rings (SSSR count). The van der Waals surface area contributed by atoms with E-state index in [4.69, 9.17) is 27.9 Å². The number of hydrogen-bond acceptors (Lipinski definition) is 4. The van der Waals surface area contributed by atoms with Crippen LogP contribution in [0.25, 0.3) is 0 Å². The summed E-state index contributed by atoms with van der Waals surface area (Å²) in [6.45, 7) is 0.265. The summed E-state index contributed by atoms with van der Waals surface area (Å²) in [6, 6.07) is 2.24. The minimum atomic E-state index is -4.10. The molecule has 1 heterocycles. The number of hydrogen-bond donors (Lipinski definition) is 2. The third-order valence-electron chi connectivity index (χ3n) is 3.39. The SMILES string of the molecule is O=S(=O)(NC1(CO)CCOCC1)c1ccc(Cl)c(F)c1Cl. The molecule has 5 nitrogen and oxygen atoms in total. The van der Waals surface area contributed by atoms with Crippen LogP contribution in [0.5, 0.6) is 0 Å². The maximum absolute atomic E-state index is 13.7. The van der Waals surface area contributed by atoms with Crippen LogP contribution in [0.3, 0.4) is 0 Å². The number of rotatable bonds is 4. The predicted octanol–water partition coefficient (Wildman–Crippen LogP) is 1.95. The minimum Gasteiger partial charge on any atom is -0.394 e. The van der Waals surface area contributed by atoms with E-state index in [-0.39, 0.29) is 11.6 Å². The van der Waals surface area contributed by atoms with Crippen LogP contribution >= 0.6 is 23.2 Å². The van der Waals surface area contributed by atoms with Crippen molar-refractivity contribution in [2.24, 2.45) is 0 Å². The second-order valence-corrected chi connectivity index (χ2v) is 7.27. The molecule has 1 fully saturated rings. The van der Waals surface area contributed by atoms with E-state index < -0.39 is 31.3 Å². The molecule has 1 aliphatic rings. The Hall–Kier alpha value is -0.440. The average molecular weight is 358 g/mol. The third-order valence-corrected chi connectivity index (χ3v) is 5.79. The van der Waals surface area contributed by atoms with Crippen LogP contribution in [0.1, 0.15) is 12.8 Å². The Morgan fingerprint density at radius 2 is 1.95 bits per heavy atom. The Bertz CT molecular complexity index is 632. The third kappa shape index (κ3) is 3.49. The van der Waals surface area contributed by atoms with Crippen molar-refractivity contribution in [1.82, 2.24) is 4.72 Å². The van der Waals surface area contributed by atoms with Crippen molar-refractivity contribution >= 4 is 33.2 Å². The van der Waals surface area contributed by atoms with Crippen LogP contribution in [0.2, 0.25) is 10.0 Å². The molecule has 0 amide bonds. The molecule has 1 aliphatic heterocycles. The molecule has 0 aromatic heterocycles. The number of sulfonamides is 1. The topological polar surface area (TPSA) is 75.6 Å². The first-order valence-corrected chi connectivity index (χ1v) is 8.41. The number of ether oxygens (including phenoxy) is 1. The van der Waals surface area contributed by atoms with Crippen LogP contribution in [-0.2, 0) is 14.8 Å². The van der Waals surface area contributed by atoms with Crippen molar-refractivity contribution in [3.63, 3.8) is 0 Å². The van der Waals surface area contributed by atoms with E-state index >= 15 is 0 Å². The van der Waals surface area contributed by atoms with Crippen molar-refractivity contribution in [1.29, 1.82) is 0 Å². The second kappa shape index (κ2) is 6.36. The normalized spacial score (nSPS) is 18.7. The second-order valence-electron chi connectivity index (χ2n) is 4.83. The summed E-state index contributed by atoms with van der Waals surface area (Å²) in [5.74, 6) is -0.994. The van der Waals surface area contributed by atoms with Crippen molar-refractivity contribution in [2.75, 3.05) is 19.8 Å². The zero-order chi connectivity index (χ0) is 15.7. The molecular formula is C12H14Cl2FNO4S. The highest BCUT2D eigenvalue weighted by Crippen LogP contribution is 2.31. The maximum atomic E-state index is 13.7. The molecular weight excluding hydrogens is 344 g/mol. The van der Waals surface area contributed by atoms with Gasteiger partial charge in [-0.1, -0.05) is 23.2 Å². The highest BCUT2D eigenvalue weighted by molar-refractivity contribution is 7.89. The van der Waals surface area contributed by atoms with Crippen molar-refractivity contribution in [3.05, 3.63) is 28.0 Å². The van der Waals surface area contributed by atoms with Crippen LogP contribution in [0.15, 0.2) is 17.0 Å². The quantitative estimate of drug-likeness (QED) is 0.807. The van der Waals surface area contributed by atoms with E-state index in [9.17, 15) is 17.9 Å². The predicted molar refractivity (Wildman–Crippen MR) is 76.6 cm³/mol. The Balaban J connectivity index is 2.36. The Labute approximate surface area is 132 Å². The smallest absolute Gasteiger partial charge is 0.242 e. The largest absolute Gasteiger partial charge is 0.394 e.